The molecule has 0 radical (unpaired) electrons. The molecule has 1 aromatic carbocycles. The Morgan fingerprint density at radius 2 is 2.11 bits per heavy atom. The lowest BCUT2D eigenvalue weighted by atomic mass is 9.94. The lowest BCUT2D eigenvalue weighted by Crippen LogP contribution is -2.48. The zero-order chi connectivity index (χ0) is 13.5. The second kappa shape index (κ2) is 7.74. The molecule has 0 aliphatic carbocycles. The van der Waals surface area contributed by atoms with E-state index in [-0.39, 0.29) is 12.1 Å². The van der Waals surface area contributed by atoms with Crippen LogP contribution in [0.5, 0.6) is 0 Å². The third-order valence-corrected chi connectivity index (χ3v) is 3.21. The minimum absolute atomic E-state index is 0.0865. The molecule has 0 spiro atoms. The number of halogens is 1. The van der Waals surface area contributed by atoms with Crippen molar-refractivity contribution in [2.24, 2.45) is 11.8 Å². The molecular weight excluding hydrogens is 248 g/mol. The number of hydrazine groups is 1. The van der Waals surface area contributed by atoms with Gasteiger partial charge in [0.15, 0.2) is 0 Å². The van der Waals surface area contributed by atoms with Crippen molar-refractivity contribution in [3.8, 4) is 0 Å². The molecule has 1 rings (SSSR count). The first-order valence-electron chi connectivity index (χ1n) is 6.40. The number of hydrogen-bond acceptors (Lipinski definition) is 3. The van der Waals surface area contributed by atoms with Crippen molar-refractivity contribution in [2.75, 3.05) is 6.61 Å². The monoisotopic (exact) mass is 270 g/mol. The number of nitrogens with two attached hydrogens (primary N) is 1. The normalized spacial score (nSPS) is 14.8. The third kappa shape index (κ3) is 4.58. The second-order valence-electron chi connectivity index (χ2n) is 4.77. The first-order chi connectivity index (χ1) is 8.58. The summed E-state index contributed by atoms with van der Waals surface area (Å²) in [7, 11) is 0. The van der Waals surface area contributed by atoms with Gasteiger partial charge in [0.05, 0.1) is 12.1 Å². The fourth-order valence-corrected chi connectivity index (χ4v) is 2.37. The summed E-state index contributed by atoms with van der Waals surface area (Å²) in [5, 5.41) is 0.751. The molecule has 3 nitrogen and oxygen atoms in total. The van der Waals surface area contributed by atoms with E-state index in [0.717, 1.165) is 17.0 Å². The Morgan fingerprint density at radius 1 is 1.39 bits per heavy atom. The number of hydrogen-bond donors (Lipinski definition) is 2. The highest BCUT2D eigenvalue weighted by Crippen LogP contribution is 2.17. The summed E-state index contributed by atoms with van der Waals surface area (Å²) < 4.78 is 5.78. The molecule has 0 saturated heterocycles. The van der Waals surface area contributed by atoms with E-state index in [1.807, 2.05) is 25.1 Å². The zero-order valence-corrected chi connectivity index (χ0v) is 12.1. The Hall–Kier alpha value is -0.610. The maximum Gasteiger partial charge on any atom is 0.0767 e. The van der Waals surface area contributed by atoms with Gasteiger partial charge >= 0.3 is 0 Å². The Balaban J connectivity index is 2.76. The van der Waals surface area contributed by atoms with Crippen LogP contribution >= 0.6 is 11.6 Å². The van der Waals surface area contributed by atoms with Gasteiger partial charge in [-0.1, -0.05) is 37.6 Å². The van der Waals surface area contributed by atoms with Crippen LogP contribution in [-0.2, 0) is 11.2 Å². The highest BCUT2D eigenvalue weighted by molar-refractivity contribution is 6.30. The summed E-state index contributed by atoms with van der Waals surface area (Å²) in [6.45, 7) is 6.98. The van der Waals surface area contributed by atoms with Crippen LogP contribution < -0.4 is 11.3 Å². The quantitative estimate of drug-likeness (QED) is 0.592. The van der Waals surface area contributed by atoms with Crippen LogP contribution in [0, 0.1) is 5.92 Å². The lowest BCUT2D eigenvalue weighted by molar-refractivity contribution is 0.00355. The molecule has 4 heteroatoms. The van der Waals surface area contributed by atoms with Gasteiger partial charge in [-0.25, -0.2) is 0 Å². The standard InChI is InChI=1S/C14H23ClN2O/c1-4-18-14(10(2)3)13(17-16)9-11-6-5-7-12(15)8-11/h5-8,10,13-14,17H,4,9,16H2,1-3H3. The summed E-state index contributed by atoms with van der Waals surface area (Å²) in [4.78, 5) is 0. The highest BCUT2D eigenvalue weighted by atomic mass is 35.5. The molecule has 1 aromatic rings. The second-order valence-corrected chi connectivity index (χ2v) is 5.21. The van der Waals surface area contributed by atoms with Crippen molar-refractivity contribution in [3.63, 3.8) is 0 Å². The minimum Gasteiger partial charge on any atom is -0.377 e. The summed E-state index contributed by atoms with van der Waals surface area (Å²) in [5.41, 5.74) is 4.03. The fraction of sp³-hybridized carbons (Fsp3) is 0.571. The van der Waals surface area contributed by atoms with Crippen molar-refractivity contribution in [1.29, 1.82) is 0 Å². The van der Waals surface area contributed by atoms with Crippen molar-refractivity contribution >= 4 is 11.6 Å². The van der Waals surface area contributed by atoms with Gasteiger partial charge in [0, 0.05) is 11.6 Å². The van der Waals surface area contributed by atoms with E-state index >= 15 is 0 Å². The average molecular weight is 271 g/mol. The zero-order valence-electron chi connectivity index (χ0n) is 11.3. The molecule has 2 unspecified atom stereocenters. The average Bonchev–Trinajstić information content (AvgIpc) is 2.33. The van der Waals surface area contributed by atoms with E-state index in [1.54, 1.807) is 0 Å². The summed E-state index contributed by atoms with van der Waals surface area (Å²) >= 11 is 5.99. The number of ether oxygens (including phenoxy) is 1. The molecule has 0 aliphatic rings. The van der Waals surface area contributed by atoms with Gasteiger partial charge in [-0.05, 0) is 37.0 Å². The predicted molar refractivity (Wildman–Crippen MR) is 76.5 cm³/mol. The van der Waals surface area contributed by atoms with Crippen molar-refractivity contribution < 1.29 is 4.74 Å². The Labute approximate surface area is 115 Å². The summed E-state index contributed by atoms with van der Waals surface area (Å²) in [5.74, 6) is 6.07. The smallest absolute Gasteiger partial charge is 0.0767 e. The van der Waals surface area contributed by atoms with E-state index in [9.17, 15) is 0 Å². The number of rotatable bonds is 7. The van der Waals surface area contributed by atoms with Gasteiger partial charge in [0.1, 0.15) is 0 Å². The van der Waals surface area contributed by atoms with Crippen LogP contribution in [0.2, 0.25) is 5.02 Å². The van der Waals surface area contributed by atoms with Crippen LogP contribution in [0.3, 0.4) is 0 Å². The van der Waals surface area contributed by atoms with Crippen molar-refractivity contribution in [1.82, 2.24) is 5.43 Å². The molecule has 2 atom stereocenters. The Bertz CT molecular complexity index is 357. The van der Waals surface area contributed by atoms with Gasteiger partial charge in [-0.3, -0.25) is 11.3 Å². The van der Waals surface area contributed by atoms with Crippen molar-refractivity contribution in [3.05, 3.63) is 34.9 Å². The molecular formula is C14H23ClN2O. The number of nitrogens with one attached hydrogen (secondary N) is 1. The van der Waals surface area contributed by atoms with Crippen LogP contribution in [-0.4, -0.2) is 18.8 Å². The van der Waals surface area contributed by atoms with Gasteiger partial charge in [-0.15, -0.1) is 0 Å². The molecule has 0 bridgehead atoms. The van der Waals surface area contributed by atoms with E-state index in [2.05, 4.69) is 25.3 Å². The third-order valence-electron chi connectivity index (χ3n) is 2.97. The highest BCUT2D eigenvalue weighted by Gasteiger charge is 2.24. The van der Waals surface area contributed by atoms with Crippen LogP contribution in [0.25, 0.3) is 0 Å². The maximum absolute atomic E-state index is 5.99. The number of benzene rings is 1. The molecule has 102 valence electrons. The predicted octanol–water partition coefficient (Wildman–Crippen LogP) is 2.78. The molecule has 0 fully saturated rings. The molecule has 0 amide bonds. The Kier molecular flexibility index (Phi) is 6.65. The minimum atomic E-state index is 0.0865. The first-order valence-corrected chi connectivity index (χ1v) is 6.78. The van der Waals surface area contributed by atoms with E-state index < -0.39 is 0 Å². The van der Waals surface area contributed by atoms with Crippen LogP contribution in [0.1, 0.15) is 26.3 Å². The molecule has 0 heterocycles. The topological polar surface area (TPSA) is 47.3 Å². The molecule has 3 N–H and O–H groups in total. The SMILES string of the molecule is CCOC(C(C)C)C(Cc1cccc(Cl)c1)NN. The summed E-state index contributed by atoms with van der Waals surface area (Å²) in [6, 6.07) is 7.94. The molecule has 18 heavy (non-hydrogen) atoms. The molecule has 0 aromatic heterocycles. The fourth-order valence-electron chi connectivity index (χ4n) is 2.15. The molecule has 0 aliphatic heterocycles. The van der Waals surface area contributed by atoms with Gasteiger partial charge in [0.25, 0.3) is 0 Å². The van der Waals surface area contributed by atoms with Gasteiger partial charge in [0.2, 0.25) is 0 Å². The van der Waals surface area contributed by atoms with Crippen LogP contribution in [0.4, 0.5) is 0 Å². The lowest BCUT2D eigenvalue weighted by Gasteiger charge is -2.29. The van der Waals surface area contributed by atoms with E-state index in [0.29, 0.717) is 12.5 Å². The van der Waals surface area contributed by atoms with E-state index in [1.165, 1.54) is 0 Å². The largest absolute Gasteiger partial charge is 0.377 e. The molecule has 0 saturated carbocycles. The van der Waals surface area contributed by atoms with Crippen molar-refractivity contribution in [2.45, 2.75) is 39.3 Å². The van der Waals surface area contributed by atoms with Gasteiger partial charge in [-0.2, -0.15) is 0 Å². The summed E-state index contributed by atoms with van der Waals surface area (Å²) in [6.07, 6.45) is 0.902. The van der Waals surface area contributed by atoms with Gasteiger partial charge < -0.3 is 4.74 Å². The maximum atomic E-state index is 5.99. The van der Waals surface area contributed by atoms with E-state index in [4.69, 9.17) is 22.2 Å². The van der Waals surface area contributed by atoms with Crippen LogP contribution in [0.15, 0.2) is 24.3 Å². The Morgan fingerprint density at radius 3 is 2.61 bits per heavy atom. The first kappa shape index (κ1) is 15.4.